The van der Waals surface area contributed by atoms with Crippen LogP contribution in [0, 0.1) is 5.82 Å². The zero-order valence-electron chi connectivity index (χ0n) is 7.04. The maximum absolute atomic E-state index is 12.7. The lowest BCUT2D eigenvalue weighted by atomic mass is 10.4. The fourth-order valence-corrected chi connectivity index (χ4v) is 1.10. The molecule has 0 unspecified atom stereocenters. The van der Waals surface area contributed by atoms with Crippen LogP contribution in [0.5, 0.6) is 0 Å². The van der Waals surface area contributed by atoms with E-state index in [1.165, 1.54) is 0 Å². The maximum atomic E-state index is 12.7. The first-order valence-corrected chi connectivity index (χ1v) is 4.90. The van der Waals surface area contributed by atoms with Crippen molar-refractivity contribution in [3.8, 4) is 0 Å². The molecule has 0 fully saturated rings. The Labute approximate surface area is 86.3 Å². The molecule has 78 valence electrons. The number of halogens is 2. The van der Waals surface area contributed by atoms with Crippen LogP contribution in [0.3, 0.4) is 0 Å². The van der Waals surface area contributed by atoms with Crippen LogP contribution in [0.4, 0.5) is 4.39 Å². The zero-order chi connectivity index (χ0) is 10.7. The Balaban J connectivity index is 3.04. The summed E-state index contributed by atoms with van der Waals surface area (Å²) in [5.74, 6) is -1.05. The van der Waals surface area contributed by atoms with Crippen molar-refractivity contribution in [2.45, 2.75) is 12.6 Å². The molecule has 0 saturated heterocycles. The number of aliphatic hydroxyl groups is 1. The molecule has 7 heteroatoms. The van der Waals surface area contributed by atoms with Crippen molar-refractivity contribution >= 4 is 15.9 Å². The van der Waals surface area contributed by atoms with Gasteiger partial charge in [-0.05, 0) is 0 Å². The van der Waals surface area contributed by atoms with Crippen molar-refractivity contribution in [1.29, 1.82) is 0 Å². The van der Waals surface area contributed by atoms with Gasteiger partial charge in [-0.15, -0.1) is 0 Å². The van der Waals surface area contributed by atoms with Gasteiger partial charge in [0.05, 0.1) is 18.8 Å². The first-order valence-electron chi connectivity index (χ1n) is 3.78. The summed E-state index contributed by atoms with van der Waals surface area (Å²) in [6.45, 7) is -0.0716. The van der Waals surface area contributed by atoms with E-state index >= 15 is 0 Å². The van der Waals surface area contributed by atoms with Crippen LogP contribution in [0.1, 0.15) is 0 Å². The highest BCUT2D eigenvalue weighted by molar-refractivity contribution is 9.09. The summed E-state index contributed by atoms with van der Waals surface area (Å²) in [7, 11) is 0. The van der Waals surface area contributed by atoms with Crippen LogP contribution in [-0.4, -0.2) is 26.1 Å². The zero-order valence-corrected chi connectivity index (χ0v) is 8.62. The van der Waals surface area contributed by atoms with Crippen molar-refractivity contribution < 1.29 is 9.50 Å². The third-order valence-electron chi connectivity index (χ3n) is 1.55. The fourth-order valence-electron chi connectivity index (χ4n) is 0.894. The van der Waals surface area contributed by atoms with Gasteiger partial charge in [0.2, 0.25) is 5.82 Å². The standard InChI is InChI=1S/C7H8BrFN2O3/c8-1-4(12)2-11-3-5(9)6(13)10-7(11)14/h3-4,12H,1-2H2,(H,10,13,14)/t4-/m1/s1. The predicted molar refractivity (Wildman–Crippen MR) is 51.1 cm³/mol. The van der Waals surface area contributed by atoms with E-state index in [0.29, 0.717) is 0 Å². The molecule has 1 atom stereocenters. The first kappa shape index (κ1) is 11.1. The van der Waals surface area contributed by atoms with E-state index in [-0.39, 0.29) is 11.9 Å². The van der Waals surface area contributed by atoms with Gasteiger partial charge in [0.15, 0.2) is 0 Å². The van der Waals surface area contributed by atoms with E-state index < -0.39 is 23.2 Å². The molecular weight excluding hydrogens is 259 g/mol. The lowest BCUT2D eigenvalue weighted by Crippen LogP contribution is -2.34. The predicted octanol–water partition coefficient (Wildman–Crippen LogP) is -0.568. The largest absolute Gasteiger partial charge is 0.390 e. The van der Waals surface area contributed by atoms with Crippen LogP contribution in [0.15, 0.2) is 15.8 Å². The number of aliphatic hydroxyl groups excluding tert-OH is 1. The number of alkyl halides is 1. The number of nitrogens with one attached hydrogen (secondary N) is 1. The normalized spacial score (nSPS) is 12.8. The van der Waals surface area contributed by atoms with E-state index in [1.807, 2.05) is 0 Å². The van der Waals surface area contributed by atoms with Gasteiger partial charge in [0.25, 0.3) is 5.56 Å². The van der Waals surface area contributed by atoms with Gasteiger partial charge in [-0.25, -0.2) is 4.79 Å². The summed E-state index contributed by atoms with van der Waals surface area (Å²) >= 11 is 3.00. The Morgan fingerprint density at radius 3 is 2.86 bits per heavy atom. The minimum absolute atomic E-state index is 0.0716. The van der Waals surface area contributed by atoms with Crippen molar-refractivity contribution in [3.05, 3.63) is 32.9 Å². The second kappa shape index (κ2) is 4.52. The topological polar surface area (TPSA) is 75.1 Å². The van der Waals surface area contributed by atoms with Crippen molar-refractivity contribution in [2.75, 3.05) is 5.33 Å². The molecule has 0 aliphatic heterocycles. The van der Waals surface area contributed by atoms with Crippen LogP contribution >= 0.6 is 15.9 Å². The molecule has 0 radical (unpaired) electrons. The maximum Gasteiger partial charge on any atom is 0.328 e. The summed E-state index contributed by atoms with van der Waals surface area (Å²) in [4.78, 5) is 23.5. The highest BCUT2D eigenvalue weighted by atomic mass is 79.9. The number of H-pyrrole nitrogens is 1. The summed E-state index contributed by atoms with van der Waals surface area (Å²) in [5, 5.41) is 9.44. The molecule has 0 amide bonds. The monoisotopic (exact) mass is 266 g/mol. The minimum atomic E-state index is -1.06. The Bertz CT molecular complexity index is 428. The van der Waals surface area contributed by atoms with E-state index in [2.05, 4.69) is 15.9 Å². The van der Waals surface area contributed by atoms with Crippen LogP contribution in [-0.2, 0) is 6.54 Å². The van der Waals surface area contributed by atoms with Crippen LogP contribution < -0.4 is 11.2 Å². The Kier molecular flexibility index (Phi) is 3.59. The van der Waals surface area contributed by atoms with Gasteiger partial charge in [0, 0.05) is 5.33 Å². The third kappa shape index (κ3) is 2.52. The summed E-state index contributed by atoms with van der Waals surface area (Å²) in [6.07, 6.45) is -0.0365. The first-order chi connectivity index (χ1) is 6.54. The molecule has 1 rings (SSSR count). The molecule has 0 spiro atoms. The van der Waals surface area contributed by atoms with Gasteiger partial charge < -0.3 is 5.11 Å². The number of hydrogen-bond donors (Lipinski definition) is 2. The average Bonchev–Trinajstić information content (AvgIpc) is 2.14. The summed E-state index contributed by atoms with van der Waals surface area (Å²) < 4.78 is 13.6. The van der Waals surface area contributed by atoms with Gasteiger partial charge >= 0.3 is 5.69 Å². The second-order valence-electron chi connectivity index (χ2n) is 2.70. The number of hydrogen-bond acceptors (Lipinski definition) is 3. The molecule has 2 N–H and O–H groups in total. The molecule has 0 aromatic carbocycles. The highest BCUT2D eigenvalue weighted by Gasteiger charge is 2.07. The van der Waals surface area contributed by atoms with Gasteiger partial charge in [-0.2, -0.15) is 4.39 Å². The molecule has 0 aliphatic carbocycles. The second-order valence-corrected chi connectivity index (χ2v) is 3.34. The van der Waals surface area contributed by atoms with E-state index in [0.717, 1.165) is 10.8 Å². The molecule has 0 bridgehead atoms. The highest BCUT2D eigenvalue weighted by Crippen LogP contribution is 1.93. The Morgan fingerprint density at radius 1 is 1.64 bits per heavy atom. The third-order valence-corrected chi connectivity index (χ3v) is 2.30. The van der Waals surface area contributed by atoms with Gasteiger partial charge in [0.1, 0.15) is 0 Å². The smallest absolute Gasteiger partial charge is 0.328 e. The molecule has 1 aromatic rings. The van der Waals surface area contributed by atoms with Gasteiger partial charge in [-0.1, -0.05) is 15.9 Å². The van der Waals surface area contributed by atoms with E-state index in [4.69, 9.17) is 0 Å². The molecule has 0 saturated carbocycles. The molecule has 0 aliphatic rings. The van der Waals surface area contributed by atoms with Crippen molar-refractivity contribution in [2.24, 2.45) is 0 Å². The minimum Gasteiger partial charge on any atom is -0.390 e. The van der Waals surface area contributed by atoms with E-state index in [1.54, 1.807) is 4.98 Å². The van der Waals surface area contributed by atoms with Crippen molar-refractivity contribution in [3.63, 3.8) is 0 Å². The number of aromatic nitrogens is 2. The summed E-state index contributed by atoms with van der Waals surface area (Å²) in [6, 6.07) is 0. The van der Waals surface area contributed by atoms with E-state index in [9.17, 15) is 19.1 Å². The number of nitrogens with zero attached hydrogens (tertiary/aromatic N) is 1. The van der Waals surface area contributed by atoms with Crippen molar-refractivity contribution in [1.82, 2.24) is 9.55 Å². The molecule has 1 aromatic heterocycles. The van der Waals surface area contributed by atoms with Crippen LogP contribution in [0.2, 0.25) is 0 Å². The Morgan fingerprint density at radius 2 is 2.29 bits per heavy atom. The molecular formula is C7H8BrFN2O3. The quantitative estimate of drug-likeness (QED) is 0.720. The van der Waals surface area contributed by atoms with Gasteiger partial charge in [-0.3, -0.25) is 14.3 Å². The fraction of sp³-hybridized carbons (Fsp3) is 0.429. The lowest BCUT2D eigenvalue weighted by Gasteiger charge is -2.08. The lowest BCUT2D eigenvalue weighted by molar-refractivity contribution is 0.176. The number of aromatic amines is 1. The molecule has 14 heavy (non-hydrogen) atoms. The Hall–Kier alpha value is -0.950. The number of rotatable bonds is 3. The average molecular weight is 267 g/mol. The van der Waals surface area contributed by atoms with Crippen LogP contribution in [0.25, 0.3) is 0 Å². The summed E-state index contributed by atoms with van der Waals surface area (Å²) in [5.41, 5.74) is -1.80. The molecule has 5 nitrogen and oxygen atoms in total. The SMILES string of the molecule is O=c1[nH]c(=O)n(C[C@H](O)CBr)cc1F. The molecule has 1 heterocycles.